The van der Waals surface area contributed by atoms with Gasteiger partial charge in [-0.25, -0.2) is 8.78 Å². The van der Waals surface area contributed by atoms with Gasteiger partial charge in [0.15, 0.2) is 11.9 Å². The van der Waals surface area contributed by atoms with Crippen molar-refractivity contribution in [1.82, 2.24) is 15.5 Å². The van der Waals surface area contributed by atoms with Crippen LogP contribution in [0.1, 0.15) is 43.7 Å². The number of H-pyrrole nitrogens is 1. The Morgan fingerprint density at radius 3 is 2.26 bits per heavy atom. The Hall–Kier alpha value is -3.99. The van der Waals surface area contributed by atoms with Crippen molar-refractivity contribution < 1.29 is 23.5 Å². The number of aromatic amines is 1. The maximum Gasteiger partial charge on any atom is 0.254 e. The molecule has 4 N–H and O–H groups in total. The Morgan fingerprint density at radius 1 is 1.06 bits per heavy atom. The average Bonchev–Trinajstić information content (AvgIpc) is 3.27. The largest absolute Gasteiger partial charge is 0.378 e. The molecule has 1 heterocycles. The SMILES string of the molecule is C[C@H](NC(=O)[C@@H](O)c1cc(F)cc(F)c1)C(=O)Nc1cc(C(C)(C)c2ccc(N=O)cc2)[nH]n1. The molecule has 0 radical (unpaired) electrons. The Bertz CT molecular complexity index is 1190. The molecule has 2 atom stereocenters. The number of nitroso groups, excluding NO2 is 1. The van der Waals surface area contributed by atoms with Crippen LogP contribution in [0.3, 0.4) is 0 Å². The number of aliphatic hydroxyl groups is 1. The number of nitrogens with one attached hydrogen (secondary N) is 3. The highest BCUT2D eigenvalue weighted by Crippen LogP contribution is 2.32. The quantitative estimate of drug-likeness (QED) is 0.372. The van der Waals surface area contributed by atoms with Crippen LogP contribution in [0.4, 0.5) is 20.3 Å². The molecule has 0 aliphatic carbocycles. The molecule has 11 heteroatoms. The van der Waals surface area contributed by atoms with E-state index in [4.69, 9.17) is 0 Å². The van der Waals surface area contributed by atoms with E-state index in [1.54, 1.807) is 30.3 Å². The first-order chi connectivity index (χ1) is 16.0. The van der Waals surface area contributed by atoms with Gasteiger partial charge in [-0.1, -0.05) is 26.0 Å². The summed E-state index contributed by atoms with van der Waals surface area (Å²) in [6, 6.07) is 9.54. The van der Waals surface area contributed by atoms with Gasteiger partial charge in [-0.05, 0) is 47.5 Å². The summed E-state index contributed by atoms with van der Waals surface area (Å²) in [6.45, 7) is 5.23. The molecule has 9 nitrogen and oxygen atoms in total. The molecule has 0 saturated carbocycles. The Labute approximate surface area is 193 Å². The van der Waals surface area contributed by atoms with Gasteiger partial charge in [0.05, 0.1) is 0 Å². The van der Waals surface area contributed by atoms with Crippen LogP contribution in [0.5, 0.6) is 0 Å². The number of halogens is 2. The number of amides is 2. The number of benzene rings is 2. The van der Waals surface area contributed by atoms with E-state index < -0.39 is 41.0 Å². The molecular formula is C23H23F2N5O4. The van der Waals surface area contributed by atoms with Gasteiger partial charge < -0.3 is 15.7 Å². The average molecular weight is 471 g/mol. The third-order valence-electron chi connectivity index (χ3n) is 5.40. The number of hydrogen-bond donors (Lipinski definition) is 4. The van der Waals surface area contributed by atoms with Gasteiger partial charge in [0.1, 0.15) is 23.4 Å². The molecule has 0 aliphatic rings. The minimum absolute atomic E-state index is 0.202. The Kier molecular flexibility index (Phi) is 7.16. The summed E-state index contributed by atoms with van der Waals surface area (Å²) in [5.74, 6) is -3.30. The number of rotatable bonds is 8. The van der Waals surface area contributed by atoms with E-state index in [0.29, 0.717) is 17.4 Å². The Morgan fingerprint density at radius 2 is 1.68 bits per heavy atom. The first-order valence-electron chi connectivity index (χ1n) is 10.3. The molecule has 2 amide bonds. The van der Waals surface area contributed by atoms with Gasteiger partial charge in [-0.3, -0.25) is 14.7 Å². The highest BCUT2D eigenvalue weighted by atomic mass is 19.1. The highest BCUT2D eigenvalue weighted by molar-refractivity contribution is 5.97. The topological polar surface area (TPSA) is 137 Å². The van der Waals surface area contributed by atoms with Crippen molar-refractivity contribution in [3.05, 3.63) is 81.9 Å². The van der Waals surface area contributed by atoms with Crippen molar-refractivity contribution >= 4 is 23.3 Å². The fourth-order valence-electron chi connectivity index (χ4n) is 3.28. The molecule has 1 aromatic heterocycles. The fraction of sp³-hybridized carbons (Fsp3) is 0.261. The molecule has 3 aromatic rings. The van der Waals surface area contributed by atoms with Crippen LogP contribution in [-0.4, -0.2) is 33.2 Å². The number of aromatic nitrogens is 2. The molecule has 0 fully saturated rings. The summed E-state index contributed by atoms with van der Waals surface area (Å²) in [5, 5.41) is 24.7. The van der Waals surface area contributed by atoms with Crippen LogP contribution >= 0.6 is 0 Å². The number of hydrogen-bond acceptors (Lipinski definition) is 6. The molecule has 0 aliphatic heterocycles. The van der Waals surface area contributed by atoms with E-state index in [9.17, 15) is 28.4 Å². The zero-order valence-corrected chi connectivity index (χ0v) is 18.6. The second-order valence-electron chi connectivity index (χ2n) is 8.25. The summed E-state index contributed by atoms with van der Waals surface area (Å²) in [7, 11) is 0. The second kappa shape index (κ2) is 9.87. The van der Waals surface area contributed by atoms with E-state index in [0.717, 1.165) is 17.7 Å². The van der Waals surface area contributed by atoms with Gasteiger partial charge in [0, 0.05) is 23.2 Å². The molecule has 0 spiro atoms. The monoisotopic (exact) mass is 471 g/mol. The predicted molar refractivity (Wildman–Crippen MR) is 120 cm³/mol. The first kappa shape index (κ1) is 24.6. The summed E-state index contributed by atoms with van der Waals surface area (Å²) < 4.78 is 26.7. The van der Waals surface area contributed by atoms with Crippen molar-refractivity contribution in [3.63, 3.8) is 0 Å². The molecule has 0 unspecified atom stereocenters. The van der Waals surface area contributed by atoms with Crippen molar-refractivity contribution in [3.8, 4) is 0 Å². The fourth-order valence-corrected chi connectivity index (χ4v) is 3.28. The maximum absolute atomic E-state index is 13.3. The highest BCUT2D eigenvalue weighted by Gasteiger charge is 2.27. The molecule has 3 rings (SSSR count). The lowest BCUT2D eigenvalue weighted by molar-refractivity contribution is -0.132. The van der Waals surface area contributed by atoms with Crippen molar-refractivity contribution in [2.75, 3.05) is 5.32 Å². The summed E-state index contributed by atoms with van der Waals surface area (Å²) >= 11 is 0. The standard InChI is InChI=1S/C23H23F2N5O4/c1-12(26-22(33)20(31)13-8-15(24)10-16(25)9-13)21(32)27-19-11-18(28-29-19)23(2,3)14-4-6-17(30-34)7-5-14/h4-12,20,31H,1-3H3,(H,26,33)(H2,27,28,29,32)/t12-,20-/m0/s1. The lowest BCUT2D eigenvalue weighted by Crippen LogP contribution is -2.43. The molecule has 0 saturated heterocycles. The third-order valence-corrected chi connectivity index (χ3v) is 5.40. The maximum atomic E-state index is 13.3. The van der Waals surface area contributed by atoms with E-state index in [2.05, 4.69) is 26.0 Å². The van der Waals surface area contributed by atoms with Gasteiger partial charge >= 0.3 is 0 Å². The smallest absolute Gasteiger partial charge is 0.254 e. The predicted octanol–water partition coefficient (Wildman–Crippen LogP) is 3.59. The van der Waals surface area contributed by atoms with Crippen LogP contribution < -0.4 is 10.6 Å². The number of anilines is 1. The van der Waals surface area contributed by atoms with E-state index in [1.807, 2.05) is 13.8 Å². The van der Waals surface area contributed by atoms with Crippen molar-refractivity contribution in [2.45, 2.75) is 38.3 Å². The van der Waals surface area contributed by atoms with Gasteiger partial charge in [0.2, 0.25) is 5.91 Å². The zero-order chi connectivity index (χ0) is 25.0. The lowest BCUT2D eigenvalue weighted by Gasteiger charge is -2.23. The van der Waals surface area contributed by atoms with Crippen LogP contribution in [0.15, 0.2) is 53.7 Å². The van der Waals surface area contributed by atoms with Crippen LogP contribution in [-0.2, 0) is 15.0 Å². The molecule has 34 heavy (non-hydrogen) atoms. The van der Waals surface area contributed by atoms with Gasteiger partial charge in [0.25, 0.3) is 5.91 Å². The van der Waals surface area contributed by atoms with E-state index in [1.165, 1.54) is 6.92 Å². The molecule has 2 aromatic carbocycles. The lowest BCUT2D eigenvalue weighted by atomic mass is 9.81. The third kappa shape index (κ3) is 5.49. The zero-order valence-electron chi connectivity index (χ0n) is 18.6. The summed E-state index contributed by atoms with van der Waals surface area (Å²) in [5.41, 5.74) is 1.04. The van der Waals surface area contributed by atoms with Crippen LogP contribution in [0, 0.1) is 16.5 Å². The Balaban J connectivity index is 1.64. The number of aliphatic hydroxyl groups excluding tert-OH is 1. The van der Waals surface area contributed by atoms with E-state index in [-0.39, 0.29) is 11.4 Å². The molecule has 178 valence electrons. The van der Waals surface area contributed by atoms with E-state index >= 15 is 0 Å². The number of carbonyl (C=O) groups excluding carboxylic acids is 2. The van der Waals surface area contributed by atoms with Crippen molar-refractivity contribution in [2.24, 2.45) is 5.18 Å². The summed E-state index contributed by atoms with van der Waals surface area (Å²) in [4.78, 5) is 35.4. The van der Waals surface area contributed by atoms with Crippen LogP contribution in [0.25, 0.3) is 0 Å². The molecular weight excluding hydrogens is 448 g/mol. The van der Waals surface area contributed by atoms with Gasteiger partial charge in [-0.15, -0.1) is 4.91 Å². The van der Waals surface area contributed by atoms with Crippen LogP contribution in [0.2, 0.25) is 0 Å². The van der Waals surface area contributed by atoms with Gasteiger partial charge in [-0.2, -0.15) is 5.10 Å². The second-order valence-corrected chi connectivity index (χ2v) is 8.25. The molecule has 0 bridgehead atoms. The summed E-state index contributed by atoms with van der Waals surface area (Å²) in [6.07, 6.45) is -1.86. The number of nitrogens with zero attached hydrogens (tertiary/aromatic N) is 2. The first-order valence-corrected chi connectivity index (χ1v) is 10.3. The minimum atomic E-state index is -1.86. The normalized spacial score (nSPS) is 13.1. The minimum Gasteiger partial charge on any atom is -0.378 e. The van der Waals surface area contributed by atoms with Crippen molar-refractivity contribution in [1.29, 1.82) is 0 Å². The number of carbonyl (C=O) groups is 2.